The molecular formula is C17H12ClN2O2S2+. The molecule has 4 rings (SSSR count). The molecule has 0 saturated heterocycles. The van der Waals surface area contributed by atoms with Crippen LogP contribution in [0.4, 0.5) is 11.4 Å². The Morgan fingerprint density at radius 1 is 1.08 bits per heavy atom. The van der Waals surface area contributed by atoms with Crippen LogP contribution in [0.25, 0.3) is 0 Å². The van der Waals surface area contributed by atoms with Crippen LogP contribution in [0.3, 0.4) is 0 Å². The molecule has 1 amide bonds. The monoisotopic (exact) mass is 375 g/mol. The molecule has 24 heavy (non-hydrogen) atoms. The van der Waals surface area contributed by atoms with E-state index in [1.165, 1.54) is 15.3 Å². The zero-order chi connectivity index (χ0) is 16.7. The van der Waals surface area contributed by atoms with Crippen molar-refractivity contribution in [3.63, 3.8) is 0 Å². The van der Waals surface area contributed by atoms with E-state index in [4.69, 9.17) is 11.6 Å². The number of rotatable bonds is 2. The molecule has 0 bridgehead atoms. The van der Waals surface area contributed by atoms with Gasteiger partial charge in [-0.2, -0.15) is 4.21 Å². The number of hydrogen-bond donors (Lipinski definition) is 1. The van der Waals surface area contributed by atoms with E-state index in [-0.39, 0.29) is 5.91 Å². The Hall–Kier alpha value is -2.15. The fraction of sp³-hybridized carbons (Fsp3) is 0. The van der Waals surface area contributed by atoms with Gasteiger partial charge >= 0.3 is 5.91 Å². The summed E-state index contributed by atoms with van der Waals surface area (Å²) in [5, 5.41) is 2.30. The molecule has 1 N–H and O–H groups in total. The molecule has 2 aromatic carbocycles. The highest BCUT2D eigenvalue weighted by atomic mass is 35.5. The molecule has 0 radical (unpaired) electrons. The molecule has 0 fully saturated rings. The highest BCUT2D eigenvalue weighted by molar-refractivity contribution is 7.95. The number of anilines is 1. The highest BCUT2D eigenvalue weighted by Gasteiger charge is 2.42. The molecule has 1 aliphatic heterocycles. The largest absolute Gasteiger partial charge is 0.435 e. The fourth-order valence-electron chi connectivity index (χ4n) is 2.60. The lowest BCUT2D eigenvalue weighted by Crippen LogP contribution is -2.23. The first-order chi connectivity index (χ1) is 11.6. The Morgan fingerprint density at radius 2 is 1.92 bits per heavy atom. The molecule has 7 heteroatoms. The van der Waals surface area contributed by atoms with Gasteiger partial charge in [0.1, 0.15) is 5.69 Å². The number of nitrogens with one attached hydrogen (secondary N) is 1. The SMILES string of the molecule is O=C(c1cccc(Cl)c1)[N+]1=S(=O)(c2cccs2)Nc2ccccc21. The summed E-state index contributed by atoms with van der Waals surface area (Å²) in [6.07, 6.45) is 0. The van der Waals surface area contributed by atoms with Crippen LogP contribution < -0.4 is 4.72 Å². The van der Waals surface area contributed by atoms with Gasteiger partial charge in [0.05, 0.1) is 5.56 Å². The lowest BCUT2D eigenvalue weighted by atomic mass is 10.2. The Balaban J connectivity index is 2.00. The molecule has 1 aromatic heterocycles. The predicted octanol–water partition coefficient (Wildman–Crippen LogP) is 4.75. The minimum atomic E-state index is -2.94. The van der Waals surface area contributed by atoms with Crippen molar-refractivity contribution >= 4 is 50.1 Å². The number of amides is 1. The van der Waals surface area contributed by atoms with Gasteiger partial charge in [-0.05, 0) is 41.8 Å². The van der Waals surface area contributed by atoms with Crippen molar-refractivity contribution in [1.82, 2.24) is 0 Å². The number of carbonyl (C=O) groups is 1. The van der Waals surface area contributed by atoms with E-state index in [2.05, 4.69) is 4.72 Å². The van der Waals surface area contributed by atoms with E-state index in [9.17, 15) is 9.00 Å². The summed E-state index contributed by atoms with van der Waals surface area (Å²) in [4.78, 5) is 13.1. The number of carbonyl (C=O) groups excluding carboxylic acids is 1. The van der Waals surface area contributed by atoms with E-state index >= 15 is 0 Å². The lowest BCUT2D eigenvalue weighted by Gasteiger charge is -2.02. The normalized spacial score (nSPS) is 19.0. The van der Waals surface area contributed by atoms with Crippen LogP contribution in [0.2, 0.25) is 5.02 Å². The van der Waals surface area contributed by atoms with Crippen molar-refractivity contribution in [3.05, 3.63) is 76.6 Å². The minimum absolute atomic E-state index is 0.353. The Bertz CT molecular complexity index is 1070. The van der Waals surface area contributed by atoms with E-state index in [1.54, 1.807) is 36.4 Å². The van der Waals surface area contributed by atoms with Crippen LogP contribution >= 0.6 is 22.9 Å². The van der Waals surface area contributed by atoms with Crippen LogP contribution in [0.1, 0.15) is 10.4 Å². The van der Waals surface area contributed by atoms with Crippen LogP contribution in [-0.2, 0) is 9.92 Å². The number of halogens is 1. The topological polar surface area (TPSA) is 49.2 Å². The average molecular weight is 376 g/mol. The number of hydrogen-bond acceptors (Lipinski definition) is 3. The third kappa shape index (κ3) is 2.34. The third-order valence-electron chi connectivity index (χ3n) is 3.65. The lowest BCUT2D eigenvalue weighted by molar-refractivity contribution is -0.307. The van der Waals surface area contributed by atoms with Gasteiger partial charge in [-0.15, -0.1) is 11.3 Å². The Morgan fingerprint density at radius 3 is 2.67 bits per heavy atom. The molecule has 1 aliphatic rings. The summed E-state index contributed by atoms with van der Waals surface area (Å²) in [6, 6.07) is 17.5. The van der Waals surface area contributed by atoms with Gasteiger partial charge in [0, 0.05) is 11.1 Å². The number of benzene rings is 2. The van der Waals surface area contributed by atoms with Crippen LogP contribution in [0.5, 0.6) is 0 Å². The van der Waals surface area contributed by atoms with Gasteiger partial charge in [0.2, 0.25) is 0 Å². The fourth-order valence-corrected chi connectivity index (χ4v) is 6.15. The molecule has 0 saturated carbocycles. The second-order valence-corrected chi connectivity index (χ2v) is 8.89. The van der Waals surface area contributed by atoms with Gasteiger partial charge in [-0.25, -0.2) is 4.79 Å². The van der Waals surface area contributed by atoms with Crippen molar-refractivity contribution in [2.75, 3.05) is 4.72 Å². The van der Waals surface area contributed by atoms with Gasteiger partial charge in [0.15, 0.2) is 4.21 Å². The maximum atomic E-state index is 13.7. The van der Waals surface area contributed by atoms with E-state index < -0.39 is 9.92 Å². The molecule has 1 atom stereocenters. The minimum Gasteiger partial charge on any atom is -0.255 e. The van der Waals surface area contributed by atoms with Crippen molar-refractivity contribution < 1.29 is 12.9 Å². The summed E-state index contributed by atoms with van der Waals surface area (Å²) < 4.78 is 18.7. The Labute approximate surface area is 148 Å². The highest BCUT2D eigenvalue weighted by Crippen LogP contribution is 2.38. The van der Waals surface area contributed by atoms with Crippen molar-refractivity contribution in [1.29, 1.82) is 0 Å². The molecule has 120 valence electrons. The first-order valence-electron chi connectivity index (χ1n) is 7.14. The van der Waals surface area contributed by atoms with Crippen molar-refractivity contribution in [2.24, 2.45) is 0 Å². The Kier molecular flexibility index (Phi) is 3.68. The van der Waals surface area contributed by atoms with Gasteiger partial charge < -0.3 is 0 Å². The third-order valence-corrected chi connectivity index (χ3v) is 7.57. The predicted molar refractivity (Wildman–Crippen MR) is 96.5 cm³/mol. The molecule has 0 spiro atoms. The van der Waals surface area contributed by atoms with E-state index in [0.29, 0.717) is 26.2 Å². The summed E-state index contributed by atoms with van der Waals surface area (Å²) in [5.41, 5.74) is 1.66. The first-order valence-corrected chi connectivity index (χ1v) is 9.91. The molecular weight excluding hydrogens is 364 g/mol. The second kappa shape index (κ2) is 5.73. The first kappa shape index (κ1) is 15.4. The molecule has 3 aromatic rings. The number of para-hydroxylation sites is 2. The summed E-state index contributed by atoms with van der Waals surface area (Å²) in [5.74, 6) is -0.353. The summed E-state index contributed by atoms with van der Waals surface area (Å²) in [7, 11) is -2.94. The zero-order valence-electron chi connectivity index (χ0n) is 12.3. The van der Waals surface area contributed by atoms with Crippen LogP contribution in [0, 0.1) is 0 Å². The number of nitrogens with zero attached hydrogens (tertiary/aromatic N) is 1. The molecule has 4 nitrogen and oxygen atoms in total. The summed E-state index contributed by atoms with van der Waals surface area (Å²) in [6.45, 7) is 0. The standard InChI is InChI=1S/C17H11ClN2O2S2/c18-13-6-3-5-12(11-13)17(21)20-15-8-2-1-7-14(15)19-24(20,22)16-9-4-10-23-16/h1-11H/p+1. The molecule has 1 unspecified atom stereocenters. The zero-order valence-corrected chi connectivity index (χ0v) is 14.7. The van der Waals surface area contributed by atoms with Gasteiger partial charge in [-0.3, -0.25) is 4.72 Å². The van der Waals surface area contributed by atoms with Crippen molar-refractivity contribution in [2.45, 2.75) is 4.21 Å². The maximum absolute atomic E-state index is 13.7. The average Bonchev–Trinajstić information content (AvgIpc) is 3.20. The van der Waals surface area contributed by atoms with Gasteiger partial charge in [0.25, 0.3) is 15.6 Å². The van der Waals surface area contributed by atoms with Crippen molar-refractivity contribution in [3.8, 4) is 0 Å². The molecule has 2 heterocycles. The smallest absolute Gasteiger partial charge is 0.255 e. The summed E-state index contributed by atoms with van der Waals surface area (Å²) >= 11 is 7.36. The van der Waals surface area contributed by atoms with Crippen LogP contribution in [-0.4, -0.2) is 14.1 Å². The molecule has 0 aliphatic carbocycles. The van der Waals surface area contributed by atoms with Crippen LogP contribution in [0.15, 0.2) is 70.3 Å². The number of thiophene rings is 1. The second-order valence-electron chi connectivity index (χ2n) is 5.19. The van der Waals surface area contributed by atoms with Gasteiger partial charge in [-0.1, -0.05) is 33.7 Å². The quantitative estimate of drug-likeness (QED) is 0.657. The van der Waals surface area contributed by atoms with E-state index in [1.807, 2.05) is 29.6 Å². The maximum Gasteiger partial charge on any atom is 0.435 e. The number of fused-ring (bicyclic) bond motifs is 1. The van der Waals surface area contributed by atoms with E-state index in [0.717, 1.165) is 0 Å².